The van der Waals surface area contributed by atoms with Gasteiger partial charge in [-0.2, -0.15) is 8.78 Å². The largest absolute Gasteiger partial charge is 0.493 e. The summed E-state index contributed by atoms with van der Waals surface area (Å²) in [5.41, 5.74) is 2.50. The van der Waals surface area contributed by atoms with Crippen molar-refractivity contribution in [2.24, 2.45) is 0 Å². The van der Waals surface area contributed by atoms with E-state index < -0.39 is 12.5 Å². The molecule has 26 heavy (non-hydrogen) atoms. The Morgan fingerprint density at radius 3 is 2.69 bits per heavy atom. The quantitative estimate of drug-likeness (QED) is 0.848. The average Bonchev–Trinajstić information content (AvgIpc) is 2.93. The number of carbonyl (C=O) groups is 2. The van der Waals surface area contributed by atoms with Gasteiger partial charge in [-0.1, -0.05) is 0 Å². The van der Waals surface area contributed by atoms with E-state index in [0.717, 1.165) is 12.1 Å². The lowest BCUT2D eigenvalue weighted by molar-refractivity contribution is -0.0511. The lowest BCUT2D eigenvalue weighted by atomic mass is 9.94. The minimum absolute atomic E-state index is 0.0242. The first-order valence-electron chi connectivity index (χ1n) is 8.09. The van der Waals surface area contributed by atoms with Gasteiger partial charge in [-0.25, -0.2) is 0 Å². The second-order valence-electron chi connectivity index (χ2n) is 5.95. The third-order valence-electron chi connectivity index (χ3n) is 4.30. The topological polar surface area (TPSA) is 80.4 Å². The highest BCUT2D eigenvalue weighted by Gasteiger charge is 2.26. The molecule has 0 saturated carbocycles. The average molecular weight is 364 g/mol. The van der Waals surface area contributed by atoms with E-state index in [2.05, 4.69) is 15.0 Å². The third kappa shape index (κ3) is 3.40. The van der Waals surface area contributed by atoms with E-state index >= 15 is 0 Å². The first-order chi connectivity index (χ1) is 12.4. The number of halogens is 2. The number of methoxy groups -OCH3 is 1. The number of carbonyl (C=O) groups excluding carboxylic acids is 2. The molecule has 3 rings (SSSR count). The molecule has 1 amide bonds. The van der Waals surface area contributed by atoms with Gasteiger partial charge < -0.3 is 19.8 Å². The Hall–Kier alpha value is -2.90. The number of aromatic nitrogens is 1. The molecule has 2 N–H and O–H groups in total. The highest BCUT2D eigenvalue weighted by atomic mass is 19.3. The third-order valence-corrected chi connectivity index (χ3v) is 4.30. The number of amides is 1. The number of fused-ring (bicyclic) bond motifs is 1. The molecule has 1 heterocycles. The standard InChI is InChI=1S/C18H18F2N2O4/c1-9-15-11(4-3-5-12(15)23)22-16(9)17(24)21-10-6-7-13(25-2)14(8-10)26-18(19)20/h6-8,18,22H,3-5H2,1-2H3,(H,21,24). The fraction of sp³-hybridized carbons (Fsp3) is 0.333. The van der Waals surface area contributed by atoms with Crippen LogP contribution in [0.2, 0.25) is 0 Å². The Labute approximate surface area is 148 Å². The summed E-state index contributed by atoms with van der Waals surface area (Å²) < 4.78 is 34.4. The molecule has 0 unspecified atom stereocenters. The van der Waals surface area contributed by atoms with Gasteiger partial charge in [-0.15, -0.1) is 0 Å². The maximum atomic E-state index is 12.6. The van der Waals surface area contributed by atoms with Crippen molar-refractivity contribution in [2.45, 2.75) is 32.8 Å². The molecule has 1 aliphatic carbocycles. The van der Waals surface area contributed by atoms with Crippen LogP contribution in [0.25, 0.3) is 0 Å². The van der Waals surface area contributed by atoms with Crippen molar-refractivity contribution in [3.63, 3.8) is 0 Å². The molecule has 138 valence electrons. The molecule has 0 aliphatic heterocycles. The number of benzene rings is 1. The zero-order valence-electron chi connectivity index (χ0n) is 14.3. The minimum Gasteiger partial charge on any atom is -0.493 e. The van der Waals surface area contributed by atoms with Gasteiger partial charge in [0.25, 0.3) is 5.91 Å². The maximum Gasteiger partial charge on any atom is 0.387 e. The molecule has 0 atom stereocenters. The van der Waals surface area contributed by atoms with Crippen LogP contribution in [0, 0.1) is 6.92 Å². The first-order valence-corrected chi connectivity index (χ1v) is 8.09. The Morgan fingerprint density at radius 1 is 1.27 bits per heavy atom. The normalized spacial score (nSPS) is 13.5. The van der Waals surface area contributed by atoms with Crippen molar-refractivity contribution in [1.29, 1.82) is 0 Å². The Balaban J connectivity index is 1.86. The first kappa shape index (κ1) is 17.9. The number of anilines is 1. The van der Waals surface area contributed by atoms with Crippen LogP contribution in [-0.4, -0.2) is 30.4 Å². The summed E-state index contributed by atoms with van der Waals surface area (Å²) in [6, 6.07) is 4.19. The van der Waals surface area contributed by atoms with Gasteiger partial charge in [0.15, 0.2) is 17.3 Å². The van der Waals surface area contributed by atoms with E-state index in [4.69, 9.17) is 4.74 Å². The Bertz CT molecular complexity index is 861. The van der Waals surface area contributed by atoms with Gasteiger partial charge in [-0.05, 0) is 37.5 Å². The SMILES string of the molecule is COc1ccc(NC(=O)c2[nH]c3c(c2C)C(=O)CCC3)cc1OC(F)F. The molecule has 1 aromatic carbocycles. The summed E-state index contributed by atoms with van der Waals surface area (Å²) >= 11 is 0. The maximum absolute atomic E-state index is 12.6. The molecule has 0 radical (unpaired) electrons. The zero-order chi connectivity index (χ0) is 18.8. The Morgan fingerprint density at radius 2 is 2.04 bits per heavy atom. The van der Waals surface area contributed by atoms with Crippen molar-refractivity contribution in [2.75, 3.05) is 12.4 Å². The van der Waals surface area contributed by atoms with Gasteiger partial charge in [0, 0.05) is 29.4 Å². The molecule has 0 bridgehead atoms. The van der Waals surface area contributed by atoms with Gasteiger partial charge in [0.05, 0.1) is 7.11 Å². The van der Waals surface area contributed by atoms with Crippen LogP contribution in [-0.2, 0) is 6.42 Å². The van der Waals surface area contributed by atoms with E-state index in [9.17, 15) is 18.4 Å². The van der Waals surface area contributed by atoms with Crippen LogP contribution >= 0.6 is 0 Å². The number of ether oxygens (including phenoxy) is 2. The molecule has 8 heteroatoms. The molecule has 0 spiro atoms. The van der Waals surface area contributed by atoms with E-state index in [1.165, 1.54) is 25.3 Å². The van der Waals surface area contributed by atoms with Gasteiger partial charge in [-0.3, -0.25) is 9.59 Å². The number of hydrogen-bond acceptors (Lipinski definition) is 4. The zero-order valence-corrected chi connectivity index (χ0v) is 14.3. The molecule has 0 fully saturated rings. The van der Waals surface area contributed by atoms with Crippen molar-refractivity contribution in [1.82, 2.24) is 4.98 Å². The summed E-state index contributed by atoms with van der Waals surface area (Å²) in [4.78, 5) is 27.7. The number of aromatic amines is 1. The molecule has 6 nitrogen and oxygen atoms in total. The number of Topliss-reactive ketones (excluding diaryl/α,β-unsaturated/α-hetero) is 1. The monoisotopic (exact) mass is 364 g/mol. The van der Waals surface area contributed by atoms with Crippen LogP contribution in [0.1, 0.15) is 44.9 Å². The summed E-state index contributed by atoms with van der Waals surface area (Å²) in [6.07, 6.45) is 1.93. The number of rotatable bonds is 5. The lowest BCUT2D eigenvalue weighted by Crippen LogP contribution is -2.14. The molecule has 1 aliphatic rings. The number of nitrogens with one attached hydrogen (secondary N) is 2. The minimum atomic E-state index is -3.02. The summed E-state index contributed by atoms with van der Waals surface area (Å²) in [5, 5.41) is 2.63. The summed E-state index contributed by atoms with van der Waals surface area (Å²) in [5.74, 6) is -0.493. The predicted molar refractivity (Wildman–Crippen MR) is 90.4 cm³/mol. The molecule has 1 aromatic heterocycles. The fourth-order valence-electron chi connectivity index (χ4n) is 3.14. The fourth-order valence-corrected chi connectivity index (χ4v) is 3.14. The smallest absolute Gasteiger partial charge is 0.387 e. The van der Waals surface area contributed by atoms with E-state index in [0.29, 0.717) is 24.0 Å². The summed E-state index contributed by atoms with van der Waals surface area (Å²) in [7, 11) is 1.33. The van der Waals surface area contributed by atoms with E-state index in [1.54, 1.807) is 6.92 Å². The number of H-pyrrole nitrogens is 1. The van der Waals surface area contributed by atoms with Crippen LogP contribution in [0.15, 0.2) is 18.2 Å². The van der Waals surface area contributed by atoms with Crippen LogP contribution < -0.4 is 14.8 Å². The summed E-state index contributed by atoms with van der Waals surface area (Å²) in [6.45, 7) is -1.30. The van der Waals surface area contributed by atoms with Gasteiger partial charge >= 0.3 is 6.61 Å². The lowest BCUT2D eigenvalue weighted by Gasteiger charge is -2.12. The second-order valence-corrected chi connectivity index (χ2v) is 5.95. The van der Waals surface area contributed by atoms with Crippen molar-refractivity contribution in [3.8, 4) is 11.5 Å². The van der Waals surface area contributed by atoms with E-state index in [1.807, 2.05) is 0 Å². The van der Waals surface area contributed by atoms with E-state index in [-0.39, 0.29) is 28.7 Å². The highest BCUT2D eigenvalue weighted by molar-refractivity contribution is 6.08. The molecular formula is C18H18F2N2O4. The molecule has 2 aromatic rings. The highest BCUT2D eigenvalue weighted by Crippen LogP contribution is 2.32. The van der Waals surface area contributed by atoms with Crippen LogP contribution in [0.5, 0.6) is 11.5 Å². The number of alkyl halides is 2. The number of aryl methyl sites for hydroxylation is 1. The second kappa shape index (κ2) is 7.15. The van der Waals surface area contributed by atoms with Gasteiger partial charge in [0.2, 0.25) is 0 Å². The van der Waals surface area contributed by atoms with Crippen LogP contribution in [0.3, 0.4) is 0 Å². The van der Waals surface area contributed by atoms with Crippen molar-refractivity contribution >= 4 is 17.4 Å². The van der Waals surface area contributed by atoms with Crippen LogP contribution in [0.4, 0.5) is 14.5 Å². The predicted octanol–water partition coefficient (Wildman–Crippen LogP) is 3.70. The van der Waals surface area contributed by atoms with Gasteiger partial charge in [0.1, 0.15) is 5.69 Å². The van der Waals surface area contributed by atoms with Crippen molar-refractivity contribution < 1.29 is 27.8 Å². The molecular weight excluding hydrogens is 346 g/mol. The molecule has 0 saturated heterocycles. The van der Waals surface area contributed by atoms with Crippen molar-refractivity contribution in [3.05, 3.63) is 40.7 Å². The number of ketones is 1. The number of hydrogen-bond donors (Lipinski definition) is 2. The Kier molecular flexibility index (Phi) is 4.92.